The molecule has 3 rings (SSSR count). The van der Waals surface area contributed by atoms with Crippen molar-refractivity contribution in [1.82, 2.24) is 9.55 Å². The highest BCUT2D eigenvalue weighted by Gasteiger charge is 2.06. The van der Waals surface area contributed by atoms with Crippen LogP contribution in [0.5, 0.6) is 5.75 Å². The van der Waals surface area contributed by atoms with Gasteiger partial charge >= 0.3 is 0 Å². The van der Waals surface area contributed by atoms with Gasteiger partial charge in [-0.25, -0.2) is 4.98 Å². The van der Waals surface area contributed by atoms with Crippen LogP contribution in [0.25, 0.3) is 0 Å². The first-order valence-corrected chi connectivity index (χ1v) is 8.08. The maximum atomic E-state index is 6.19. The Hall–Kier alpha value is -1.97. The number of nitrogens with zero attached hydrogens (tertiary/aromatic N) is 2. The predicted molar refractivity (Wildman–Crippen MR) is 93.2 cm³/mol. The molecule has 118 valence electrons. The fourth-order valence-corrected chi connectivity index (χ4v) is 2.78. The fourth-order valence-electron chi connectivity index (χ4n) is 2.31. The Morgan fingerprint density at radius 2 is 1.91 bits per heavy atom. The molecule has 0 aliphatic carbocycles. The third-order valence-electron chi connectivity index (χ3n) is 3.57. The number of aryl methyl sites for hydroxylation is 2. The van der Waals surface area contributed by atoms with E-state index in [0.717, 1.165) is 29.8 Å². The molecule has 23 heavy (non-hydrogen) atoms. The summed E-state index contributed by atoms with van der Waals surface area (Å²) in [6, 6.07) is 13.5. The van der Waals surface area contributed by atoms with Crippen molar-refractivity contribution in [2.75, 3.05) is 0 Å². The lowest BCUT2D eigenvalue weighted by atomic mass is 10.1. The van der Waals surface area contributed by atoms with Gasteiger partial charge in [-0.05, 0) is 30.2 Å². The first kappa shape index (κ1) is 15.9. The zero-order valence-corrected chi connectivity index (χ0v) is 14.0. The summed E-state index contributed by atoms with van der Waals surface area (Å²) >= 11 is 12.1. The van der Waals surface area contributed by atoms with Crippen LogP contribution in [0, 0.1) is 0 Å². The van der Waals surface area contributed by atoms with Crippen molar-refractivity contribution in [3.8, 4) is 5.75 Å². The number of hydrogen-bond donors (Lipinski definition) is 0. The van der Waals surface area contributed by atoms with E-state index >= 15 is 0 Å². The molecule has 0 fully saturated rings. The van der Waals surface area contributed by atoms with Gasteiger partial charge in [0.2, 0.25) is 0 Å². The van der Waals surface area contributed by atoms with Gasteiger partial charge < -0.3 is 9.30 Å². The molecular weight excluding hydrogens is 331 g/mol. The molecule has 1 heterocycles. The molecule has 2 aromatic carbocycles. The lowest BCUT2D eigenvalue weighted by Crippen LogP contribution is -2.03. The zero-order chi connectivity index (χ0) is 16.1. The number of aromatic nitrogens is 2. The number of benzene rings is 2. The van der Waals surface area contributed by atoms with E-state index in [1.54, 1.807) is 12.3 Å². The molecule has 0 atom stereocenters. The van der Waals surface area contributed by atoms with Crippen molar-refractivity contribution in [2.24, 2.45) is 0 Å². The summed E-state index contributed by atoms with van der Waals surface area (Å²) in [6.07, 6.45) is 6.43. The number of imidazole rings is 1. The molecule has 1 aromatic heterocycles. The molecule has 0 amide bonds. The molecule has 5 heteroatoms. The molecule has 3 nitrogen and oxygen atoms in total. The minimum Gasteiger partial charge on any atom is -0.489 e. The van der Waals surface area contributed by atoms with Crippen molar-refractivity contribution in [2.45, 2.75) is 19.6 Å². The topological polar surface area (TPSA) is 27.1 Å². The van der Waals surface area contributed by atoms with Gasteiger partial charge in [-0.15, -0.1) is 0 Å². The van der Waals surface area contributed by atoms with E-state index < -0.39 is 0 Å². The molecule has 0 N–H and O–H groups in total. The van der Waals surface area contributed by atoms with Crippen molar-refractivity contribution in [3.05, 3.63) is 82.4 Å². The first-order chi connectivity index (χ1) is 11.2. The smallest absolute Gasteiger partial charge is 0.123 e. The number of hydrogen-bond acceptors (Lipinski definition) is 2. The molecule has 0 radical (unpaired) electrons. The summed E-state index contributed by atoms with van der Waals surface area (Å²) in [6.45, 7) is 1.28. The molecular formula is C18H16Cl2N2O. The monoisotopic (exact) mass is 346 g/mol. The van der Waals surface area contributed by atoms with Crippen molar-refractivity contribution >= 4 is 23.2 Å². The average molecular weight is 347 g/mol. The Labute approximate surface area is 145 Å². The largest absolute Gasteiger partial charge is 0.489 e. The van der Waals surface area contributed by atoms with Gasteiger partial charge in [-0.2, -0.15) is 0 Å². The molecule has 0 aliphatic heterocycles. The van der Waals surface area contributed by atoms with Crippen LogP contribution >= 0.6 is 23.2 Å². The Morgan fingerprint density at radius 1 is 1.04 bits per heavy atom. The quantitative estimate of drug-likeness (QED) is 0.627. The molecule has 0 spiro atoms. The molecule has 0 saturated carbocycles. The molecule has 0 aliphatic rings. The van der Waals surface area contributed by atoms with E-state index in [1.165, 1.54) is 0 Å². The third-order valence-corrected chi connectivity index (χ3v) is 4.16. The van der Waals surface area contributed by atoms with Crippen LogP contribution in [0.3, 0.4) is 0 Å². The molecule has 0 unspecified atom stereocenters. The van der Waals surface area contributed by atoms with E-state index in [0.29, 0.717) is 16.7 Å². The predicted octanol–water partition coefficient (Wildman–Crippen LogP) is 5.01. The highest BCUT2D eigenvalue weighted by Crippen LogP contribution is 2.24. The van der Waals surface area contributed by atoms with Crippen molar-refractivity contribution < 1.29 is 4.74 Å². The minimum absolute atomic E-state index is 0.415. The summed E-state index contributed by atoms with van der Waals surface area (Å²) in [7, 11) is 0. The van der Waals surface area contributed by atoms with Gasteiger partial charge in [0.1, 0.15) is 12.4 Å². The number of para-hydroxylation sites is 1. The minimum atomic E-state index is 0.415. The Kier molecular flexibility index (Phi) is 5.21. The maximum Gasteiger partial charge on any atom is 0.123 e. The van der Waals surface area contributed by atoms with Crippen LogP contribution < -0.4 is 4.74 Å². The SMILES string of the molecule is Clc1ccc(COc2ccccc2CCn2ccnc2)c(Cl)c1. The van der Waals surface area contributed by atoms with Crippen molar-refractivity contribution in [1.29, 1.82) is 0 Å². The normalized spacial score (nSPS) is 10.7. The van der Waals surface area contributed by atoms with Crippen LogP contribution in [0.1, 0.15) is 11.1 Å². The Balaban J connectivity index is 1.67. The lowest BCUT2D eigenvalue weighted by Gasteiger charge is -2.12. The van der Waals surface area contributed by atoms with Gasteiger partial charge in [-0.3, -0.25) is 0 Å². The highest BCUT2D eigenvalue weighted by molar-refractivity contribution is 6.35. The van der Waals surface area contributed by atoms with E-state index in [1.807, 2.05) is 47.4 Å². The van der Waals surface area contributed by atoms with Gasteiger partial charge in [0, 0.05) is 34.5 Å². The van der Waals surface area contributed by atoms with Crippen molar-refractivity contribution in [3.63, 3.8) is 0 Å². The third kappa shape index (κ3) is 4.27. The molecule has 0 bridgehead atoms. The second kappa shape index (κ2) is 7.53. The van der Waals surface area contributed by atoms with E-state index in [-0.39, 0.29) is 0 Å². The first-order valence-electron chi connectivity index (χ1n) is 7.33. The Morgan fingerprint density at radius 3 is 2.70 bits per heavy atom. The maximum absolute atomic E-state index is 6.19. The van der Waals surface area contributed by atoms with E-state index in [9.17, 15) is 0 Å². The summed E-state index contributed by atoms with van der Waals surface area (Å²) in [4.78, 5) is 4.06. The lowest BCUT2D eigenvalue weighted by molar-refractivity contribution is 0.302. The summed E-state index contributed by atoms with van der Waals surface area (Å²) in [5.74, 6) is 0.874. The van der Waals surface area contributed by atoms with Gasteiger partial charge in [0.05, 0.1) is 6.33 Å². The number of ether oxygens (including phenoxy) is 1. The van der Waals surface area contributed by atoms with Crippen LogP contribution in [0.15, 0.2) is 61.2 Å². The molecule has 3 aromatic rings. The van der Waals surface area contributed by atoms with E-state index in [4.69, 9.17) is 27.9 Å². The standard InChI is InChI=1S/C18H16Cl2N2O/c19-16-6-5-15(17(20)11-16)12-23-18-4-2-1-3-14(18)7-9-22-10-8-21-13-22/h1-6,8,10-11,13H,7,9,12H2. The molecule has 0 saturated heterocycles. The summed E-state index contributed by atoms with van der Waals surface area (Å²) in [5, 5.41) is 1.24. The van der Waals surface area contributed by atoms with Crippen LogP contribution in [0.2, 0.25) is 10.0 Å². The van der Waals surface area contributed by atoms with E-state index in [2.05, 4.69) is 11.1 Å². The van der Waals surface area contributed by atoms with Gasteiger partial charge in [0.25, 0.3) is 0 Å². The summed E-state index contributed by atoms with van der Waals surface area (Å²) < 4.78 is 8.01. The van der Waals surface area contributed by atoms with Crippen LogP contribution in [0.4, 0.5) is 0 Å². The fraction of sp³-hybridized carbons (Fsp3) is 0.167. The van der Waals surface area contributed by atoms with Crippen LogP contribution in [-0.2, 0) is 19.6 Å². The van der Waals surface area contributed by atoms with Gasteiger partial charge in [0.15, 0.2) is 0 Å². The number of halogens is 2. The number of rotatable bonds is 6. The second-order valence-corrected chi connectivity index (χ2v) is 6.03. The summed E-state index contributed by atoms with van der Waals surface area (Å²) in [5.41, 5.74) is 2.08. The zero-order valence-electron chi connectivity index (χ0n) is 12.5. The Bertz CT molecular complexity index is 772. The second-order valence-electron chi connectivity index (χ2n) is 5.18. The average Bonchev–Trinajstić information content (AvgIpc) is 3.06. The highest BCUT2D eigenvalue weighted by atomic mass is 35.5. The van der Waals surface area contributed by atoms with Gasteiger partial charge in [-0.1, -0.05) is 47.5 Å². The van der Waals surface area contributed by atoms with Crippen LogP contribution in [-0.4, -0.2) is 9.55 Å².